The van der Waals surface area contributed by atoms with E-state index in [1.807, 2.05) is 36.3 Å². The molecule has 1 aliphatic heterocycles. The van der Waals surface area contributed by atoms with Crippen LogP contribution in [-0.2, 0) is 16.0 Å². The predicted molar refractivity (Wildman–Crippen MR) is 104 cm³/mol. The van der Waals surface area contributed by atoms with Crippen molar-refractivity contribution < 1.29 is 9.59 Å². The highest BCUT2D eigenvalue weighted by Crippen LogP contribution is 2.34. The molecule has 0 unspecified atom stereocenters. The highest BCUT2D eigenvalue weighted by molar-refractivity contribution is 7.14. The van der Waals surface area contributed by atoms with E-state index in [9.17, 15) is 9.59 Å². The fourth-order valence-corrected chi connectivity index (χ4v) is 4.04. The summed E-state index contributed by atoms with van der Waals surface area (Å²) in [5.74, 6) is 0.434. The summed E-state index contributed by atoms with van der Waals surface area (Å²) < 4.78 is 0. The molecule has 2 amide bonds. The Morgan fingerprint density at radius 3 is 2.85 bits per heavy atom. The second kappa shape index (κ2) is 6.83. The lowest BCUT2D eigenvalue weighted by Gasteiger charge is -2.31. The molecule has 1 aromatic carbocycles. The Bertz CT molecular complexity index is 854. The largest absolute Gasteiger partial charge is 0.312 e. The molecule has 4 rings (SSSR count). The summed E-state index contributed by atoms with van der Waals surface area (Å²) in [5, 5.41) is 5.54. The van der Waals surface area contributed by atoms with Crippen molar-refractivity contribution in [2.75, 3.05) is 16.8 Å². The summed E-state index contributed by atoms with van der Waals surface area (Å²) in [5.41, 5.74) is 4.12. The van der Waals surface area contributed by atoms with E-state index in [4.69, 9.17) is 0 Å². The predicted octanol–water partition coefficient (Wildman–Crippen LogP) is 4.09. The molecule has 1 fully saturated rings. The Morgan fingerprint density at radius 1 is 1.31 bits per heavy atom. The van der Waals surface area contributed by atoms with E-state index in [2.05, 4.69) is 16.4 Å². The van der Waals surface area contributed by atoms with Crippen LogP contribution in [-0.4, -0.2) is 23.3 Å². The number of nitrogens with zero attached hydrogens (tertiary/aromatic N) is 2. The summed E-state index contributed by atoms with van der Waals surface area (Å²) in [6.45, 7) is 4.67. The van der Waals surface area contributed by atoms with E-state index in [0.29, 0.717) is 5.13 Å². The number of aryl methyl sites for hydroxylation is 1. The first-order valence-corrected chi connectivity index (χ1v) is 10.1. The number of aromatic nitrogens is 1. The lowest BCUT2D eigenvalue weighted by molar-refractivity contribution is -0.121. The van der Waals surface area contributed by atoms with Gasteiger partial charge in [0.2, 0.25) is 11.8 Å². The number of thiazole rings is 1. The van der Waals surface area contributed by atoms with Crippen molar-refractivity contribution in [3.63, 3.8) is 0 Å². The third-order valence-electron chi connectivity index (χ3n) is 4.94. The van der Waals surface area contributed by atoms with Gasteiger partial charge in [0.1, 0.15) is 0 Å². The summed E-state index contributed by atoms with van der Waals surface area (Å²) >= 11 is 1.46. The second-order valence-corrected chi connectivity index (χ2v) is 8.25. The van der Waals surface area contributed by atoms with Gasteiger partial charge in [0.15, 0.2) is 5.13 Å². The highest BCUT2D eigenvalue weighted by atomic mass is 32.1. The molecule has 0 bridgehead atoms. The lowest BCUT2D eigenvalue weighted by atomic mass is 9.97. The zero-order chi connectivity index (χ0) is 18.3. The van der Waals surface area contributed by atoms with Gasteiger partial charge >= 0.3 is 0 Å². The van der Waals surface area contributed by atoms with Crippen LogP contribution >= 0.6 is 11.3 Å². The van der Waals surface area contributed by atoms with Crippen LogP contribution in [0.5, 0.6) is 0 Å². The molecule has 5 nitrogen and oxygen atoms in total. The van der Waals surface area contributed by atoms with Crippen LogP contribution in [0.3, 0.4) is 0 Å². The van der Waals surface area contributed by atoms with Crippen LogP contribution in [0.15, 0.2) is 23.6 Å². The van der Waals surface area contributed by atoms with Crippen LogP contribution in [0, 0.1) is 11.8 Å². The molecular weight excluding hydrogens is 346 g/mol. The average molecular weight is 369 g/mol. The van der Waals surface area contributed by atoms with Crippen molar-refractivity contribution in [2.45, 2.75) is 39.5 Å². The molecule has 26 heavy (non-hydrogen) atoms. The Morgan fingerprint density at radius 2 is 2.12 bits per heavy atom. The fourth-order valence-electron chi connectivity index (χ4n) is 3.31. The number of nitrogens with one attached hydrogen (secondary N) is 1. The van der Waals surface area contributed by atoms with Crippen molar-refractivity contribution >= 4 is 34.0 Å². The zero-order valence-electron chi connectivity index (χ0n) is 15.1. The van der Waals surface area contributed by atoms with Crippen molar-refractivity contribution in [3.8, 4) is 11.3 Å². The molecular formula is C20H23N3O2S. The molecule has 0 spiro atoms. The third-order valence-corrected chi connectivity index (χ3v) is 5.69. The number of rotatable bonds is 4. The standard InChI is InChI=1S/C20H23N3O2S/c1-12(2)19(25)23-9-3-4-15-10-14(7-8-17(15)23)16-11-26-20(21-16)22-18(24)13-5-6-13/h7-8,10-13H,3-6,9H2,1-2H3,(H,21,22,24). The van der Waals surface area contributed by atoms with Crippen molar-refractivity contribution in [3.05, 3.63) is 29.1 Å². The first-order valence-electron chi connectivity index (χ1n) is 9.24. The summed E-state index contributed by atoms with van der Waals surface area (Å²) in [7, 11) is 0. The number of hydrogen-bond donors (Lipinski definition) is 1. The van der Waals surface area contributed by atoms with Crippen molar-refractivity contribution in [2.24, 2.45) is 11.8 Å². The second-order valence-electron chi connectivity index (χ2n) is 7.39. The molecule has 136 valence electrons. The number of fused-ring (bicyclic) bond motifs is 1. The fraction of sp³-hybridized carbons (Fsp3) is 0.450. The monoisotopic (exact) mass is 369 g/mol. The normalized spacial score (nSPS) is 16.5. The maximum absolute atomic E-state index is 12.5. The number of anilines is 2. The summed E-state index contributed by atoms with van der Waals surface area (Å²) in [4.78, 5) is 30.8. The minimum atomic E-state index is -0.00296. The van der Waals surface area contributed by atoms with E-state index in [1.165, 1.54) is 16.9 Å². The Balaban J connectivity index is 1.56. The van der Waals surface area contributed by atoms with Gasteiger partial charge in [-0.3, -0.25) is 9.59 Å². The number of benzene rings is 1. The number of carbonyl (C=O) groups excluding carboxylic acids is 2. The molecule has 1 saturated carbocycles. The van der Waals surface area contributed by atoms with Gasteiger partial charge in [-0.15, -0.1) is 11.3 Å². The van der Waals surface area contributed by atoms with E-state index in [1.54, 1.807) is 0 Å². The molecule has 6 heteroatoms. The Hall–Kier alpha value is -2.21. The number of amides is 2. The van der Waals surface area contributed by atoms with Crippen molar-refractivity contribution in [1.29, 1.82) is 0 Å². The molecule has 0 saturated heterocycles. The highest BCUT2D eigenvalue weighted by Gasteiger charge is 2.30. The quantitative estimate of drug-likeness (QED) is 0.883. The van der Waals surface area contributed by atoms with Gasteiger partial charge in [-0.2, -0.15) is 0 Å². The van der Waals surface area contributed by atoms with Gasteiger partial charge in [-0.05, 0) is 43.4 Å². The van der Waals surface area contributed by atoms with Gasteiger partial charge < -0.3 is 10.2 Å². The first kappa shape index (κ1) is 17.2. The van der Waals surface area contributed by atoms with E-state index >= 15 is 0 Å². The molecule has 1 aliphatic carbocycles. The molecule has 0 radical (unpaired) electrons. The number of carbonyl (C=O) groups is 2. The topological polar surface area (TPSA) is 62.3 Å². The lowest BCUT2D eigenvalue weighted by Crippen LogP contribution is -2.38. The van der Waals surface area contributed by atoms with E-state index < -0.39 is 0 Å². The first-order chi connectivity index (χ1) is 12.5. The molecule has 0 atom stereocenters. The van der Waals surface area contributed by atoms with Gasteiger partial charge in [-0.1, -0.05) is 19.9 Å². The van der Waals surface area contributed by atoms with Gasteiger partial charge in [0.25, 0.3) is 0 Å². The SMILES string of the molecule is CC(C)C(=O)N1CCCc2cc(-c3csc(NC(=O)C4CC4)n3)ccc21. The third kappa shape index (κ3) is 3.38. The van der Waals surface area contributed by atoms with Gasteiger partial charge in [-0.25, -0.2) is 4.98 Å². The summed E-state index contributed by atoms with van der Waals surface area (Å²) in [6.07, 6.45) is 3.93. The van der Waals surface area contributed by atoms with Crippen LogP contribution in [0.25, 0.3) is 11.3 Å². The van der Waals surface area contributed by atoms with Crippen LogP contribution < -0.4 is 10.2 Å². The molecule has 2 aliphatic rings. The van der Waals surface area contributed by atoms with Crippen LogP contribution in [0.4, 0.5) is 10.8 Å². The van der Waals surface area contributed by atoms with Gasteiger partial charge in [0.05, 0.1) is 5.69 Å². The van der Waals surface area contributed by atoms with Crippen LogP contribution in [0.2, 0.25) is 0 Å². The molecule has 2 heterocycles. The molecule has 2 aromatic rings. The zero-order valence-corrected chi connectivity index (χ0v) is 15.9. The molecule has 1 aromatic heterocycles. The van der Waals surface area contributed by atoms with Crippen LogP contribution in [0.1, 0.15) is 38.7 Å². The smallest absolute Gasteiger partial charge is 0.229 e. The Kier molecular flexibility index (Phi) is 4.53. The minimum Gasteiger partial charge on any atom is -0.312 e. The minimum absolute atomic E-state index is 0.00296. The van der Waals surface area contributed by atoms with E-state index in [-0.39, 0.29) is 23.7 Å². The van der Waals surface area contributed by atoms with Crippen molar-refractivity contribution in [1.82, 2.24) is 4.98 Å². The summed E-state index contributed by atoms with van der Waals surface area (Å²) in [6, 6.07) is 6.19. The van der Waals surface area contributed by atoms with E-state index in [0.717, 1.165) is 49.2 Å². The number of hydrogen-bond acceptors (Lipinski definition) is 4. The maximum Gasteiger partial charge on any atom is 0.229 e. The van der Waals surface area contributed by atoms with Gasteiger partial charge in [0, 0.05) is 35.0 Å². The Labute approximate surface area is 157 Å². The maximum atomic E-state index is 12.5. The molecule has 1 N–H and O–H groups in total. The average Bonchev–Trinajstić information content (AvgIpc) is 3.40.